The van der Waals surface area contributed by atoms with E-state index in [0.29, 0.717) is 6.42 Å². The zero-order chi connectivity index (χ0) is 13.2. The topological polar surface area (TPSA) is 55.4 Å². The summed E-state index contributed by atoms with van der Waals surface area (Å²) in [6, 6.07) is 17.7. The van der Waals surface area contributed by atoms with Crippen molar-refractivity contribution >= 4 is 11.5 Å². The third kappa shape index (κ3) is 2.20. The number of Topliss-reactive ketones (excluding diaryl/α,β-unsaturated/α-hetero) is 1. The molecule has 0 saturated carbocycles. The molecule has 2 aromatic carbocycles. The molecule has 2 aromatic rings. The van der Waals surface area contributed by atoms with Crippen molar-refractivity contribution in [3.05, 3.63) is 71.3 Å². The Bertz CT molecular complexity index is 647. The first kappa shape index (κ1) is 11.8. The van der Waals surface area contributed by atoms with E-state index in [1.807, 2.05) is 54.6 Å². The Morgan fingerprint density at radius 2 is 1.68 bits per heavy atom. The van der Waals surface area contributed by atoms with E-state index in [2.05, 4.69) is 4.99 Å². The van der Waals surface area contributed by atoms with Gasteiger partial charge >= 0.3 is 0 Å². The first-order chi connectivity index (χ1) is 9.25. The Balaban J connectivity index is 2.21. The maximum absolute atomic E-state index is 11.9. The Kier molecular flexibility index (Phi) is 2.97. The summed E-state index contributed by atoms with van der Waals surface area (Å²) in [6.07, 6.45) is -0.431. The molecule has 1 aliphatic heterocycles. The van der Waals surface area contributed by atoms with E-state index in [1.54, 1.807) is 0 Å². The second kappa shape index (κ2) is 4.78. The third-order valence-electron chi connectivity index (χ3n) is 3.28. The highest BCUT2D eigenvalue weighted by molar-refractivity contribution is 6.15. The van der Waals surface area contributed by atoms with Crippen molar-refractivity contribution in [2.24, 2.45) is 10.7 Å². The van der Waals surface area contributed by atoms with E-state index in [-0.39, 0.29) is 5.78 Å². The van der Waals surface area contributed by atoms with E-state index >= 15 is 0 Å². The number of nitrogens with two attached hydrogens (primary N) is 1. The van der Waals surface area contributed by atoms with Gasteiger partial charge in [0.15, 0.2) is 11.9 Å². The number of fused-ring (bicyclic) bond motifs is 1. The van der Waals surface area contributed by atoms with Crippen molar-refractivity contribution in [3.8, 4) is 0 Å². The molecule has 3 heteroatoms. The normalized spacial score (nSPS) is 18.5. The lowest BCUT2D eigenvalue weighted by molar-refractivity contribution is -0.119. The van der Waals surface area contributed by atoms with Crippen LogP contribution in [0.25, 0.3) is 0 Å². The maximum Gasteiger partial charge on any atom is 0.175 e. The van der Waals surface area contributed by atoms with Gasteiger partial charge in [0.05, 0.1) is 5.71 Å². The van der Waals surface area contributed by atoms with Gasteiger partial charge in [-0.1, -0.05) is 54.6 Å². The molecule has 0 fully saturated rings. The van der Waals surface area contributed by atoms with Crippen molar-refractivity contribution in [2.45, 2.75) is 12.6 Å². The molecule has 94 valence electrons. The van der Waals surface area contributed by atoms with Gasteiger partial charge in [-0.05, 0) is 5.56 Å². The van der Waals surface area contributed by atoms with Gasteiger partial charge < -0.3 is 5.73 Å². The van der Waals surface area contributed by atoms with Crippen molar-refractivity contribution in [1.82, 2.24) is 0 Å². The van der Waals surface area contributed by atoms with Crippen LogP contribution >= 0.6 is 0 Å². The van der Waals surface area contributed by atoms with Crippen LogP contribution in [0.2, 0.25) is 0 Å². The average Bonchev–Trinajstić information content (AvgIpc) is 2.58. The molecule has 1 aliphatic rings. The second-order valence-electron chi connectivity index (χ2n) is 4.59. The predicted octanol–water partition coefficient (Wildman–Crippen LogP) is 1.93. The van der Waals surface area contributed by atoms with E-state index in [0.717, 1.165) is 22.4 Å². The summed E-state index contributed by atoms with van der Waals surface area (Å²) >= 11 is 0. The van der Waals surface area contributed by atoms with Crippen molar-refractivity contribution in [1.29, 1.82) is 0 Å². The van der Waals surface area contributed by atoms with E-state index < -0.39 is 6.17 Å². The van der Waals surface area contributed by atoms with E-state index in [1.165, 1.54) is 0 Å². The Hall–Kier alpha value is -2.26. The van der Waals surface area contributed by atoms with Gasteiger partial charge in [-0.15, -0.1) is 0 Å². The number of hydrogen-bond donors (Lipinski definition) is 1. The van der Waals surface area contributed by atoms with Gasteiger partial charge in [-0.25, -0.2) is 0 Å². The Morgan fingerprint density at radius 3 is 2.47 bits per heavy atom. The van der Waals surface area contributed by atoms with Gasteiger partial charge in [0.25, 0.3) is 0 Å². The Labute approximate surface area is 111 Å². The standard InChI is InChI=1S/C16H14N2O/c17-16-14(19)10-12-8-4-5-9-13(12)15(18-16)11-6-2-1-3-7-11/h1-9,16H,10,17H2. The predicted molar refractivity (Wildman–Crippen MR) is 75.2 cm³/mol. The average molecular weight is 250 g/mol. The number of carbonyl (C=O) groups excluding carboxylic acids is 1. The van der Waals surface area contributed by atoms with Crippen LogP contribution in [0.4, 0.5) is 0 Å². The monoisotopic (exact) mass is 250 g/mol. The second-order valence-corrected chi connectivity index (χ2v) is 4.59. The minimum Gasteiger partial charge on any atom is -0.303 e. The molecule has 3 nitrogen and oxygen atoms in total. The summed E-state index contributed by atoms with van der Waals surface area (Å²) in [4.78, 5) is 16.3. The summed E-state index contributed by atoms with van der Waals surface area (Å²) in [5.41, 5.74) is 9.62. The fourth-order valence-corrected chi connectivity index (χ4v) is 2.30. The highest BCUT2D eigenvalue weighted by Gasteiger charge is 2.22. The maximum atomic E-state index is 11.9. The lowest BCUT2D eigenvalue weighted by atomic mass is 9.96. The van der Waals surface area contributed by atoms with Gasteiger partial charge in [0.1, 0.15) is 0 Å². The summed E-state index contributed by atoms with van der Waals surface area (Å²) in [5, 5.41) is 0. The molecule has 1 unspecified atom stereocenters. The largest absolute Gasteiger partial charge is 0.303 e. The van der Waals surface area contributed by atoms with Crippen LogP contribution in [0.1, 0.15) is 16.7 Å². The van der Waals surface area contributed by atoms with Gasteiger partial charge in [-0.2, -0.15) is 0 Å². The minimum atomic E-state index is -0.775. The highest BCUT2D eigenvalue weighted by atomic mass is 16.1. The molecule has 0 aromatic heterocycles. The van der Waals surface area contributed by atoms with Crippen LogP contribution in [-0.2, 0) is 11.2 Å². The number of carbonyl (C=O) groups is 1. The highest BCUT2D eigenvalue weighted by Crippen LogP contribution is 2.20. The van der Waals surface area contributed by atoms with Crippen molar-refractivity contribution in [2.75, 3.05) is 0 Å². The molecule has 0 aliphatic carbocycles. The number of rotatable bonds is 1. The summed E-state index contributed by atoms with van der Waals surface area (Å²) < 4.78 is 0. The number of aliphatic imine (C=N–C) groups is 1. The van der Waals surface area contributed by atoms with Crippen LogP contribution in [0.15, 0.2) is 59.6 Å². The summed E-state index contributed by atoms with van der Waals surface area (Å²) in [6.45, 7) is 0. The van der Waals surface area contributed by atoms with Crippen LogP contribution in [-0.4, -0.2) is 17.7 Å². The van der Waals surface area contributed by atoms with Crippen molar-refractivity contribution < 1.29 is 4.79 Å². The molecule has 0 amide bonds. The summed E-state index contributed by atoms with van der Waals surface area (Å²) in [5.74, 6) is -0.0432. The van der Waals surface area contributed by atoms with Crippen molar-refractivity contribution in [3.63, 3.8) is 0 Å². The van der Waals surface area contributed by atoms with Gasteiger partial charge in [0, 0.05) is 17.5 Å². The first-order valence-corrected chi connectivity index (χ1v) is 6.25. The number of hydrogen-bond acceptors (Lipinski definition) is 3. The molecule has 0 bridgehead atoms. The molecular weight excluding hydrogens is 236 g/mol. The summed E-state index contributed by atoms with van der Waals surface area (Å²) in [7, 11) is 0. The Morgan fingerprint density at radius 1 is 1.00 bits per heavy atom. The fourth-order valence-electron chi connectivity index (χ4n) is 2.30. The number of benzene rings is 2. The minimum absolute atomic E-state index is 0.0432. The lowest BCUT2D eigenvalue weighted by Gasteiger charge is -2.09. The van der Waals surface area contributed by atoms with Gasteiger partial charge in [-0.3, -0.25) is 9.79 Å². The molecule has 19 heavy (non-hydrogen) atoms. The van der Waals surface area contributed by atoms with E-state index in [4.69, 9.17) is 5.73 Å². The van der Waals surface area contributed by atoms with Crippen LogP contribution in [0, 0.1) is 0 Å². The lowest BCUT2D eigenvalue weighted by Crippen LogP contribution is -2.29. The SMILES string of the molecule is NC1N=C(c2ccccc2)c2ccccc2CC1=O. The molecule has 1 heterocycles. The van der Waals surface area contributed by atoms with E-state index in [9.17, 15) is 4.79 Å². The smallest absolute Gasteiger partial charge is 0.175 e. The molecule has 2 N–H and O–H groups in total. The molecular formula is C16H14N2O. The van der Waals surface area contributed by atoms with Crippen LogP contribution in [0.5, 0.6) is 0 Å². The first-order valence-electron chi connectivity index (χ1n) is 6.25. The zero-order valence-corrected chi connectivity index (χ0v) is 10.4. The molecule has 0 radical (unpaired) electrons. The molecule has 3 rings (SSSR count). The molecule has 0 spiro atoms. The fraction of sp³-hybridized carbons (Fsp3) is 0.125. The van der Waals surface area contributed by atoms with Crippen LogP contribution in [0.3, 0.4) is 0 Å². The molecule has 0 saturated heterocycles. The quantitative estimate of drug-likeness (QED) is 0.840. The molecule has 1 atom stereocenters. The van der Waals surface area contributed by atoms with Gasteiger partial charge in [0.2, 0.25) is 0 Å². The third-order valence-corrected chi connectivity index (χ3v) is 3.28. The van der Waals surface area contributed by atoms with Crippen LogP contribution < -0.4 is 5.73 Å². The zero-order valence-electron chi connectivity index (χ0n) is 10.4. The number of ketones is 1. The number of nitrogens with zero attached hydrogens (tertiary/aromatic N) is 1.